The summed E-state index contributed by atoms with van der Waals surface area (Å²) >= 11 is 0. The molecule has 1 fully saturated rings. The Morgan fingerprint density at radius 3 is 2.28 bits per heavy atom. The molecule has 0 unspecified atom stereocenters. The normalized spacial score (nSPS) is 17.7. The quantitative estimate of drug-likeness (QED) is 0.844. The van der Waals surface area contributed by atoms with E-state index in [1.54, 1.807) is 0 Å². The summed E-state index contributed by atoms with van der Waals surface area (Å²) in [5.74, 6) is -3.35. The van der Waals surface area contributed by atoms with E-state index in [2.05, 4.69) is 0 Å². The average Bonchev–Trinajstić information content (AvgIpc) is 2.82. The van der Waals surface area contributed by atoms with E-state index in [1.165, 1.54) is 0 Å². The lowest BCUT2D eigenvalue weighted by Gasteiger charge is -2.25. The molecule has 96 valence electrons. The van der Waals surface area contributed by atoms with Gasteiger partial charge in [0.05, 0.1) is 5.41 Å². The van der Waals surface area contributed by atoms with Crippen LogP contribution in [-0.4, -0.2) is 17.4 Å². The zero-order chi connectivity index (χ0) is 13.3. The van der Waals surface area contributed by atoms with E-state index in [9.17, 15) is 23.5 Å². The molecule has 0 bridgehead atoms. The third kappa shape index (κ3) is 1.79. The van der Waals surface area contributed by atoms with Crippen molar-refractivity contribution in [1.82, 2.24) is 0 Å². The van der Waals surface area contributed by atoms with Gasteiger partial charge in [0, 0.05) is 5.56 Å². The lowest BCUT2D eigenvalue weighted by Crippen LogP contribution is -2.34. The van der Waals surface area contributed by atoms with Crippen LogP contribution in [0.15, 0.2) is 12.1 Å². The number of carbonyl (C=O) groups is 2. The van der Waals surface area contributed by atoms with Crippen molar-refractivity contribution in [3.8, 4) is 0 Å². The highest BCUT2D eigenvalue weighted by Gasteiger charge is 2.44. The summed E-state index contributed by atoms with van der Waals surface area (Å²) in [6, 6.07) is 1.61. The number of hydrogen-bond donors (Lipinski definition) is 1. The van der Waals surface area contributed by atoms with Crippen molar-refractivity contribution in [1.29, 1.82) is 0 Å². The maximum absolute atomic E-state index is 13.3. The Balaban J connectivity index is 2.64. The molecule has 1 aliphatic carbocycles. The van der Waals surface area contributed by atoms with Gasteiger partial charge in [-0.2, -0.15) is 0 Å². The highest BCUT2D eigenvalue weighted by Crippen LogP contribution is 2.43. The van der Waals surface area contributed by atoms with Gasteiger partial charge in [0.15, 0.2) is 11.6 Å². The number of aliphatic carboxylic acids is 1. The van der Waals surface area contributed by atoms with E-state index in [1.807, 2.05) is 0 Å². The summed E-state index contributed by atoms with van der Waals surface area (Å²) in [6.07, 6.45) is 2.45. The predicted molar refractivity (Wildman–Crippen MR) is 59.5 cm³/mol. The molecule has 0 radical (unpaired) electrons. The number of aldehydes is 1. The second kappa shape index (κ2) is 4.48. The molecule has 0 aromatic heterocycles. The topological polar surface area (TPSA) is 54.4 Å². The van der Waals surface area contributed by atoms with Crippen LogP contribution in [0.4, 0.5) is 8.78 Å². The molecule has 3 nitrogen and oxygen atoms in total. The standard InChI is InChI=1S/C13H12F2O3/c14-10-5-8(7-16)9(6-11(10)15)13(12(17)18)3-1-2-4-13/h5-7H,1-4H2,(H,17,18). The summed E-state index contributed by atoms with van der Waals surface area (Å²) in [5.41, 5.74) is -1.26. The third-order valence-electron chi connectivity index (χ3n) is 3.60. The zero-order valence-corrected chi connectivity index (χ0v) is 9.58. The van der Waals surface area contributed by atoms with Crippen LogP contribution in [0.5, 0.6) is 0 Å². The molecule has 1 saturated carbocycles. The van der Waals surface area contributed by atoms with Crippen molar-refractivity contribution in [2.24, 2.45) is 0 Å². The molecule has 0 amide bonds. The fourth-order valence-corrected chi connectivity index (χ4v) is 2.65. The summed E-state index contributed by atoms with van der Waals surface area (Å²) in [5, 5.41) is 9.37. The molecule has 0 heterocycles. The molecule has 0 atom stereocenters. The van der Waals surface area contributed by atoms with E-state index in [4.69, 9.17) is 0 Å². The molecule has 1 aliphatic rings. The van der Waals surface area contributed by atoms with Crippen LogP contribution >= 0.6 is 0 Å². The van der Waals surface area contributed by atoms with Crippen molar-refractivity contribution in [3.05, 3.63) is 34.9 Å². The Labute approximate surface area is 102 Å². The van der Waals surface area contributed by atoms with Crippen LogP contribution in [0, 0.1) is 11.6 Å². The Kier molecular flexibility index (Phi) is 3.15. The highest BCUT2D eigenvalue weighted by atomic mass is 19.2. The van der Waals surface area contributed by atoms with Gasteiger partial charge in [0.1, 0.15) is 6.29 Å². The van der Waals surface area contributed by atoms with E-state index in [0.717, 1.165) is 12.1 Å². The molecule has 2 rings (SSSR count). The Morgan fingerprint density at radius 2 is 1.78 bits per heavy atom. The van der Waals surface area contributed by atoms with Crippen molar-refractivity contribution in [2.45, 2.75) is 31.1 Å². The number of carboxylic acids is 1. The molecule has 1 aromatic rings. The van der Waals surface area contributed by atoms with Crippen LogP contribution in [0.3, 0.4) is 0 Å². The van der Waals surface area contributed by atoms with Crippen LogP contribution in [0.1, 0.15) is 41.6 Å². The third-order valence-corrected chi connectivity index (χ3v) is 3.60. The van der Waals surface area contributed by atoms with Gasteiger partial charge in [-0.25, -0.2) is 8.78 Å². The molecule has 0 saturated heterocycles. The minimum atomic E-state index is -1.26. The minimum Gasteiger partial charge on any atom is -0.481 e. The number of rotatable bonds is 3. The first-order valence-corrected chi connectivity index (χ1v) is 5.69. The molecule has 1 N–H and O–H groups in total. The number of carbonyl (C=O) groups excluding carboxylic acids is 1. The van der Waals surface area contributed by atoms with Crippen LogP contribution < -0.4 is 0 Å². The van der Waals surface area contributed by atoms with Gasteiger partial charge >= 0.3 is 5.97 Å². The molecular weight excluding hydrogens is 242 g/mol. The second-order valence-electron chi connectivity index (χ2n) is 4.57. The lowest BCUT2D eigenvalue weighted by atomic mass is 9.77. The van der Waals surface area contributed by atoms with Gasteiger partial charge in [-0.3, -0.25) is 9.59 Å². The second-order valence-corrected chi connectivity index (χ2v) is 4.57. The van der Waals surface area contributed by atoms with Gasteiger partial charge in [-0.15, -0.1) is 0 Å². The first-order chi connectivity index (χ1) is 8.51. The van der Waals surface area contributed by atoms with Crippen LogP contribution in [-0.2, 0) is 10.2 Å². The summed E-state index contributed by atoms with van der Waals surface area (Å²) in [6.45, 7) is 0. The largest absolute Gasteiger partial charge is 0.481 e. The van der Waals surface area contributed by atoms with Gasteiger partial charge in [-0.1, -0.05) is 12.8 Å². The molecule has 0 spiro atoms. The zero-order valence-electron chi connectivity index (χ0n) is 9.58. The van der Waals surface area contributed by atoms with Crippen LogP contribution in [0.2, 0.25) is 0 Å². The van der Waals surface area contributed by atoms with E-state index in [-0.39, 0.29) is 11.1 Å². The monoisotopic (exact) mass is 254 g/mol. The first kappa shape index (κ1) is 12.7. The minimum absolute atomic E-state index is 0.0846. The molecule has 0 aliphatic heterocycles. The number of benzene rings is 1. The molecule has 5 heteroatoms. The Morgan fingerprint density at radius 1 is 1.22 bits per heavy atom. The number of halogens is 2. The summed E-state index contributed by atoms with van der Waals surface area (Å²) in [4.78, 5) is 22.4. The Bertz CT molecular complexity index is 505. The maximum atomic E-state index is 13.3. The van der Waals surface area contributed by atoms with Crippen molar-refractivity contribution >= 4 is 12.3 Å². The van der Waals surface area contributed by atoms with E-state index < -0.39 is 23.0 Å². The fourth-order valence-electron chi connectivity index (χ4n) is 2.65. The van der Waals surface area contributed by atoms with Crippen molar-refractivity contribution < 1.29 is 23.5 Å². The first-order valence-electron chi connectivity index (χ1n) is 5.69. The predicted octanol–water partition coefficient (Wildman–Crippen LogP) is 2.67. The average molecular weight is 254 g/mol. The summed E-state index contributed by atoms with van der Waals surface area (Å²) in [7, 11) is 0. The van der Waals surface area contributed by atoms with E-state index in [0.29, 0.717) is 32.0 Å². The smallest absolute Gasteiger partial charge is 0.314 e. The van der Waals surface area contributed by atoms with Crippen LogP contribution in [0.25, 0.3) is 0 Å². The Hall–Kier alpha value is -1.78. The van der Waals surface area contributed by atoms with Gasteiger partial charge < -0.3 is 5.11 Å². The van der Waals surface area contributed by atoms with Crippen molar-refractivity contribution in [3.63, 3.8) is 0 Å². The van der Waals surface area contributed by atoms with Gasteiger partial charge in [0.25, 0.3) is 0 Å². The van der Waals surface area contributed by atoms with Gasteiger partial charge in [0.2, 0.25) is 0 Å². The molecule has 1 aromatic carbocycles. The highest BCUT2D eigenvalue weighted by molar-refractivity contribution is 5.87. The van der Waals surface area contributed by atoms with Crippen molar-refractivity contribution in [2.75, 3.05) is 0 Å². The van der Waals surface area contributed by atoms with Gasteiger partial charge in [-0.05, 0) is 30.5 Å². The number of hydrogen-bond acceptors (Lipinski definition) is 2. The maximum Gasteiger partial charge on any atom is 0.314 e. The number of carboxylic acid groups (broad SMARTS) is 1. The lowest BCUT2D eigenvalue weighted by molar-refractivity contribution is -0.143. The SMILES string of the molecule is O=Cc1cc(F)c(F)cc1C1(C(=O)O)CCCC1. The molecular formula is C13H12F2O3. The molecule has 18 heavy (non-hydrogen) atoms. The van der Waals surface area contributed by atoms with E-state index >= 15 is 0 Å². The fraction of sp³-hybridized carbons (Fsp3) is 0.385. The summed E-state index contributed by atoms with van der Waals surface area (Å²) < 4.78 is 26.4.